The minimum Gasteiger partial charge on any atom is -0.493 e. The molecule has 2 aromatic carbocycles. The Morgan fingerprint density at radius 3 is 2.55 bits per heavy atom. The molecule has 0 amide bonds. The van der Waals surface area contributed by atoms with Gasteiger partial charge in [0.05, 0.1) is 17.3 Å². The van der Waals surface area contributed by atoms with E-state index >= 15 is 0 Å². The second-order valence-electron chi connectivity index (χ2n) is 5.57. The number of hydrogen-bond donors (Lipinski definition) is 2. The van der Waals surface area contributed by atoms with Crippen molar-refractivity contribution in [3.05, 3.63) is 53.6 Å². The lowest BCUT2D eigenvalue weighted by Crippen LogP contribution is -2.13. The molecule has 0 heterocycles. The number of nitrogens with one attached hydrogen (secondary N) is 2. The summed E-state index contributed by atoms with van der Waals surface area (Å²) in [4.78, 5) is 0. The highest BCUT2D eigenvalue weighted by atomic mass is 35.5. The Bertz CT molecular complexity index is 587. The molecule has 0 atom stereocenters. The molecular formula is C18H23ClN2O. The second kappa shape index (κ2) is 8.54. The first-order chi connectivity index (χ1) is 10.6. The first kappa shape index (κ1) is 16.5. The van der Waals surface area contributed by atoms with Crippen molar-refractivity contribution in [2.75, 3.05) is 30.3 Å². The van der Waals surface area contributed by atoms with E-state index in [1.54, 1.807) is 0 Å². The normalized spacial score (nSPS) is 10.5. The van der Waals surface area contributed by atoms with Gasteiger partial charge in [-0.05, 0) is 30.2 Å². The first-order valence-corrected chi connectivity index (χ1v) is 7.98. The van der Waals surface area contributed by atoms with Gasteiger partial charge >= 0.3 is 0 Å². The van der Waals surface area contributed by atoms with Crippen LogP contribution >= 0.6 is 11.6 Å². The molecule has 0 aliphatic rings. The largest absolute Gasteiger partial charge is 0.493 e. The van der Waals surface area contributed by atoms with Crippen LogP contribution in [0.2, 0.25) is 5.02 Å². The van der Waals surface area contributed by atoms with Gasteiger partial charge in [0.25, 0.3) is 0 Å². The predicted octanol–water partition coefficient (Wildman–Crippen LogP) is 4.90. The highest BCUT2D eigenvalue weighted by Gasteiger charge is 2.00. The van der Waals surface area contributed by atoms with E-state index in [4.69, 9.17) is 16.3 Å². The standard InChI is InChI=1S/C18H23ClN2O/c1-14(2)13-22-16-7-5-6-15(12-16)20-10-11-21-18-9-4-3-8-17(18)19/h3-9,12,14,20-21H,10-11,13H2,1-2H3. The van der Waals surface area contributed by atoms with Crippen LogP contribution in [0.3, 0.4) is 0 Å². The highest BCUT2D eigenvalue weighted by molar-refractivity contribution is 6.33. The number of halogens is 1. The van der Waals surface area contributed by atoms with E-state index in [2.05, 4.69) is 24.5 Å². The van der Waals surface area contributed by atoms with Crippen LogP contribution in [0.25, 0.3) is 0 Å². The van der Waals surface area contributed by atoms with E-state index in [9.17, 15) is 0 Å². The lowest BCUT2D eigenvalue weighted by atomic mass is 10.2. The van der Waals surface area contributed by atoms with Gasteiger partial charge in [-0.15, -0.1) is 0 Å². The van der Waals surface area contributed by atoms with Crippen molar-refractivity contribution in [3.8, 4) is 5.75 Å². The Morgan fingerprint density at radius 1 is 1.00 bits per heavy atom. The van der Waals surface area contributed by atoms with Crippen LogP contribution in [0.5, 0.6) is 5.75 Å². The lowest BCUT2D eigenvalue weighted by molar-refractivity contribution is 0.271. The van der Waals surface area contributed by atoms with Gasteiger partial charge in [0.15, 0.2) is 0 Å². The van der Waals surface area contributed by atoms with Gasteiger partial charge in [0, 0.05) is 24.8 Å². The second-order valence-corrected chi connectivity index (χ2v) is 5.97. The van der Waals surface area contributed by atoms with E-state index in [1.807, 2.05) is 48.5 Å². The van der Waals surface area contributed by atoms with Crippen molar-refractivity contribution in [3.63, 3.8) is 0 Å². The Labute approximate surface area is 137 Å². The zero-order valence-corrected chi connectivity index (χ0v) is 13.9. The van der Waals surface area contributed by atoms with Crippen LogP contribution in [-0.2, 0) is 0 Å². The topological polar surface area (TPSA) is 33.3 Å². The Hall–Kier alpha value is -1.87. The molecule has 0 aliphatic heterocycles. The lowest BCUT2D eigenvalue weighted by Gasteiger charge is -2.12. The number of hydrogen-bond acceptors (Lipinski definition) is 3. The molecule has 0 radical (unpaired) electrons. The van der Waals surface area contributed by atoms with Crippen molar-refractivity contribution in [2.24, 2.45) is 5.92 Å². The molecule has 22 heavy (non-hydrogen) atoms. The fourth-order valence-electron chi connectivity index (χ4n) is 1.97. The summed E-state index contributed by atoms with van der Waals surface area (Å²) >= 11 is 6.10. The summed E-state index contributed by atoms with van der Waals surface area (Å²) in [6.45, 7) is 6.61. The minimum atomic E-state index is 0.524. The van der Waals surface area contributed by atoms with Crippen LogP contribution in [0.4, 0.5) is 11.4 Å². The number of benzene rings is 2. The van der Waals surface area contributed by atoms with Gasteiger partial charge in [-0.3, -0.25) is 0 Å². The SMILES string of the molecule is CC(C)COc1cccc(NCCNc2ccccc2Cl)c1. The average Bonchev–Trinajstić information content (AvgIpc) is 2.51. The van der Waals surface area contributed by atoms with Gasteiger partial charge in [-0.25, -0.2) is 0 Å². The molecule has 0 aliphatic carbocycles. The number of ether oxygens (including phenoxy) is 1. The van der Waals surface area contributed by atoms with Gasteiger partial charge < -0.3 is 15.4 Å². The smallest absolute Gasteiger partial charge is 0.121 e. The summed E-state index contributed by atoms with van der Waals surface area (Å²) in [5.41, 5.74) is 2.02. The van der Waals surface area contributed by atoms with Gasteiger partial charge in [0.2, 0.25) is 0 Å². The Kier molecular flexibility index (Phi) is 6.41. The number of rotatable bonds is 8. The summed E-state index contributed by atoms with van der Waals surface area (Å²) in [6, 6.07) is 15.8. The molecule has 2 rings (SSSR count). The van der Waals surface area contributed by atoms with Crippen LogP contribution in [0, 0.1) is 5.92 Å². The molecule has 4 heteroatoms. The third-order valence-corrected chi connectivity index (χ3v) is 3.39. The zero-order chi connectivity index (χ0) is 15.8. The molecule has 2 N–H and O–H groups in total. The van der Waals surface area contributed by atoms with E-state index < -0.39 is 0 Å². The van der Waals surface area contributed by atoms with Crippen molar-refractivity contribution >= 4 is 23.0 Å². The summed E-state index contributed by atoms with van der Waals surface area (Å²) in [5.74, 6) is 1.43. The van der Waals surface area contributed by atoms with Crippen LogP contribution in [0.15, 0.2) is 48.5 Å². The van der Waals surface area contributed by atoms with Crippen molar-refractivity contribution in [1.29, 1.82) is 0 Å². The summed E-state index contributed by atoms with van der Waals surface area (Å²) in [6.07, 6.45) is 0. The molecule has 0 spiro atoms. The third-order valence-electron chi connectivity index (χ3n) is 3.06. The molecule has 0 fully saturated rings. The maximum absolute atomic E-state index is 6.10. The van der Waals surface area contributed by atoms with Crippen molar-refractivity contribution in [2.45, 2.75) is 13.8 Å². The van der Waals surface area contributed by atoms with Crippen LogP contribution < -0.4 is 15.4 Å². The van der Waals surface area contributed by atoms with Gasteiger partial charge in [0.1, 0.15) is 5.75 Å². The summed E-state index contributed by atoms with van der Waals surface area (Å²) < 4.78 is 5.73. The summed E-state index contributed by atoms with van der Waals surface area (Å²) in [5, 5.41) is 7.43. The minimum absolute atomic E-state index is 0.524. The van der Waals surface area contributed by atoms with Crippen LogP contribution in [0.1, 0.15) is 13.8 Å². The fourth-order valence-corrected chi connectivity index (χ4v) is 2.17. The van der Waals surface area contributed by atoms with Crippen LogP contribution in [-0.4, -0.2) is 19.7 Å². The number of para-hydroxylation sites is 1. The zero-order valence-electron chi connectivity index (χ0n) is 13.1. The van der Waals surface area contributed by atoms with E-state index in [0.717, 1.165) is 41.8 Å². The first-order valence-electron chi connectivity index (χ1n) is 7.60. The summed E-state index contributed by atoms with van der Waals surface area (Å²) in [7, 11) is 0. The Balaban J connectivity index is 1.77. The van der Waals surface area contributed by atoms with E-state index in [1.165, 1.54) is 0 Å². The maximum Gasteiger partial charge on any atom is 0.121 e. The quantitative estimate of drug-likeness (QED) is 0.679. The molecular weight excluding hydrogens is 296 g/mol. The molecule has 0 saturated carbocycles. The molecule has 3 nitrogen and oxygen atoms in total. The molecule has 2 aromatic rings. The third kappa shape index (κ3) is 5.49. The predicted molar refractivity (Wildman–Crippen MR) is 95.2 cm³/mol. The average molecular weight is 319 g/mol. The number of anilines is 2. The maximum atomic E-state index is 6.10. The highest BCUT2D eigenvalue weighted by Crippen LogP contribution is 2.20. The van der Waals surface area contributed by atoms with E-state index in [0.29, 0.717) is 5.92 Å². The van der Waals surface area contributed by atoms with Gasteiger partial charge in [-0.2, -0.15) is 0 Å². The Morgan fingerprint density at radius 2 is 1.77 bits per heavy atom. The molecule has 0 aromatic heterocycles. The molecule has 118 valence electrons. The molecule has 0 saturated heterocycles. The van der Waals surface area contributed by atoms with Gasteiger partial charge in [-0.1, -0.05) is 43.6 Å². The van der Waals surface area contributed by atoms with E-state index in [-0.39, 0.29) is 0 Å². The molecule has 0 bridgehead atoms. The monoisotopic (exact) mass is 318 g/mol. The van der Waals surface area contributed by atoms with Crippen molar-refractivity contribution in [1.82, 2.24) is 0 Å². The van der Waals surface area contributed by atoms with Crippen molar-refractivity contribution < 1.29 is 4.74 Å². The molecule has 0 unspecified atom stereocenters. The fraction of sp³-hybridized carbons (Fsp3) is 0.333.